The van der Waals surface area contributed by atoms with Crippen LogP contribution in [0.25, 0.3) is 11.3 Å². The predicted molar refractivity (Wildman–Crippen MR) is 120 cm³/mol. The van der Waals surface area contributed by atoms with Gasteiger partial charge in [-0.3, -0.25) is 9.59 Å². The van der Waals surface area contributed by atoms with Gasteiger partial charge in [0.25, 0.3) is 5.91 Å². The van der Waals surface area contributed by atoms with E-state index in [0.29, 0.717) is 42.1 Å². The van der Waals surface area contributed by atoms with E-state index >= 15 is 0 Å². The summed E-state index contributed by atoms with van der Waals surface area (Å²) in [5, 5.41) is 7.29. The van der Waals surface area contributed by atoms with Crippen LogP contribution in [0.3, 0.4) is 0 Å². The second-order valence-corrected chi connectivity index (χ2v) is 9.26. The second kappa shape index (κ2) is 8.68. The van der Waals surface area contributed by atoms with E-state index in [1.165, 1.54) is 22.7 Å². The van der Waals surface area contributed by atoms with Gasteiger partial charge in [-0.1, -0.05) is 6.07 Å². The van der Waals surface area contributed by atoms with Crippen molar-refractivity contribution in [1.29, 1.82) is 0 Å². The highest BCUT2D eigenvalue weighted by Gasteiger charge is 2.29. The summed E-state index contributed by atoms with van der Waals surface area (Å²) < 4.78 is 11.2. The lowest BCUT2D eigenvalue weighted by Crippen LogP contribution is -2.43. The van der Waals surface area contributed by atoms with Crippen LogP contribution in [0.4, 0.5) is 5.13 Å². The number of likely N-dealkylation sites (tertiary alicyclic amines) is 1. The van der Waals surface area contributed by atoms with Crippen LogP contribution in [0.15, 0.2) is 41.1 Å². The normalized spacial score (nSPS) is 17.9. The molecule has 1 saturated heterocycles. The van der Waals surface area contributed by atoms with Gasteiger partial charge in [-0.25, -0.2) is 4.98 Å². The number of anilines is 1. The van der Waals surface area contributed by atoms with Crippen molar-refractivity contribution in [3.63, 3.8) is 0 Å². The van der Waals surface area contributed by atoms with E-state index in [2.05, 4.69) is 10.3 Å². The molecule has 1 fully saturated rings. The molecule has 7 nitrogen and oxygen atoms in total. The van der Waals surface area contributed by atoms with Crippen molar-refractivity contribution >= 4 is 39.6 Å². The number of nitrogens with one attached hydrogen (secondary N) is 1. The summed E-state index contributed by atoms with van der Waals surface area (Å²) in [6.45, 7) is 2.20. The van der Waals surface area contributed by atoms with Crippen molar-refractivity contribution in [3.05, 3.63) is 46.0 Å². The molecule has 4 heterocycles. The maximum atomic E-state index is 12.8. The molecule has 160 valence electrons. The van der Waals surface area contributed by atoms with Crippen LogP contribution >= 0.6 is 22.7 Å². The topological polar surface area (TPSA) is 80.8 Å². The Hall–Kier alpha value is -2.91. The Labute approximate surface area is 187 Å². The number of amides is 2. The highest BCUT2D eigenvalue weighted by atomic mass is 32.1. The number of carbonyl (C=O) groups is 2. The molecule has 0 unspecified atom stereocenters. The largest absolute Gasteiger partial charge is 0.486 e. The maximum Gasteiger partial charge on any atom is 0.263 e. The van der Waals surface area contributed by atoms with Crippen LogP contribution in [0, 0.1) is 5.92 Å². The minimum atomic E-state index is -0.237. The number of benzene rings is 1. The van der Waals surface area contributed by atoms with Gasteiger partial charge in [0.2, 0.25) is 5.91 Å². The third kappa shape index (κ3) is 4.28. The molecule has 1 atom stereocenters. The van der Waals surface area contributed by atoms with E-state index in [9.17, 15) is 9.59 Å². The quantitative estimate of drug-likeness (QED) is 0.640. The van der Waals surface area contributed by atoms with Crippen molar-refractivity contribution in [2.75, 3.05) is 31.6 Å². The number of carbonyl (C=O) groups excluding carboxylic acids is 2. The summed E-state index contributed by atoms with van der Waals surface area (Å²) in [4.78, 5) is 32.5. The van der Waals surface area contributed by atoms with Crippen LogP contribution in [-0.4, -0.2) is 48.0 Å². The van der Waals surface area contributed by atoms with Gasteiger partial charge in [0, 0.05) is 24.0 Å². The lowest BCUT2D eigenvalue weighted by molar-refractivity contribution is -0.121. The van der Waals surface area contributed by atoms with Crippen molar-refractivity contribution in [3.8, 4) is 22.8 Å². The Morgan fingerprint density at radius 3 is 2.84 bits per heavy atom. The molecule has 0 radical (unpaired) electrons. The fourth-order valence-electron chi connectivity index (χ4n) is 3.81. The van der Waals surface area contributed by atoms with Crippen LogP contribution in [-0.2, 0) is 4.79 Å². The van der Waals surface area contributed by atoms with Gasteiger partial charge in [-0.2, -0.15) is 0 Å². The van der Waals surface area contributed by atoms with E-state index in [0.717, 1.165) is 29.8 Å². The number of fused-ring (bicyclic) bond motifs is 1. The molecule has 5 rings (SSSR count). The van der Waals surface area contributed by atoms with Crippen LogP contribution in [0.1, 0.15) is 22.5 Å². The molecule has 2 aliphatic heterocycles. The lowest BCUT2D eigenvalue weighted by atomic mass is 9.97. The Morgan fingerprint density at radius 1 is 1.13 bits per heavy atom. The van der Waals surface area contributed by atoms with Crippen molar-refractivity contribution in [2.45, 2.75) is 12.8 Å². The Kier molecular flexibility index (Phi) is 5.61. The number of aromatic nitrogens is 1. The minimum Gasteiger partial charge on any atom is -0.486 e. The standard InChI is InChI=1S/C22H21N3O4S2/c26-20(15-3-1-7-25(12-15)21(27)19-4-2-10-30-19)24-22-23-16(13-31-22)14-5-6-17-18(11-14)29-9-8-28-17/h2,4-6,10-11,13,15H,1,3,7-9,12H2,(H,23,24,26)/t15-/m0/s1. The summed E-state index contributed by atoms with van der Waals surface area (Å²) in [6.07, 6.45) is 1.58. The number of hydrogen-bond acceptors (Lipinski definition) is 7. The third-order valence-corrected chi connectivity index (χ3v) is 7.00. The van der Waals surface area contributed by atoms with Gasteiger partial charge < -0.3 is 19.7 Å². The average molecular weight is 456 g/mol. The van der Waals surface area contributed by atoms with Crippen LogP contribution < -0.4 is 14.8 Å². The molecule has 1 aromatic carbocycles. The van der Waals surface area contributed by atoms with E-state index in [4.69, 9.17) is 9.47 Å². The van der Waals surface area contributed by atoms with Crippen molar-refractivity contribution < 1.29 is 19.1 Å². The lowest BCUT2D eigenvalue weighted by Gasteiger charge is -2.31. The SMILES string of the molecule is O=C(Nc1nc(-c2ccc3c(c2)OCCO3)cs1)[C@H]1CCCN(C(=O)c2cccs2)C1. The van der Waals surface area contributed by atoms with Crippen molar-refractivity contribution in [2.24, 2.45) is 5.92 Å². The first-order valence-corrected chi connectivity index (χ1v) is 11.9. The van der Waals surface area contributed by atoms with Crippen LogP contribution in [0.2, 0.25) is 0 Å². The van der Waals surface area contributed by atoms with Crippen molar-refractivity contribution in [1.82, 2.24) is 9.88 Å². The number of piperidine rings is 1. The smallest absolute Gasteiger partial charge is 0.263 e. The number of thiazole rings is 1. The molecule has 2 aromatic heterocycles. The molecular formula is C22H21N3O4S2. The van der Waals surface area contributed by atoms with Crippen LogP contribution in [0.5, 0.6) is 11.5 Å². The van der Waals surface area contributed by atoms with Gasteiger partial charge in [0.1, 0.15) is 13.2 Å². The molecule has 31 heavy (non-hydrogen) atoms. The van der Waals surface area contributed by atoms with Gasteiger partial charge in [-0.15, -0.1) is 22.7 Å². The zero-order valence-corrected chi connectivity index (χ0v) is 18.3. The molecule has 9 heteroatoms. The van der Waals surface area contributed by atoms with E-state index in [1.54, 1.807) is 4.90 Å². The highest BCUT2D eigenvalue weighted by molar-refractivity contribution is 7.14. The first kappa shape index (κ1) is 20.0. The molecule has 1 N–H and O–H groups in total. The van der Waals surface area contributed by atoms with E-state index in [-0.39, 0.29) is 17.7 Å². The van der Waals surface area contributed by atoms with Gasteiger partial charge in [-0.05, 0) is 42.5 Å². The molecular weight excluding hydrogens is 434 g/mol. The number of hydrogen-bond donors (Lipinski definition) is 1. The number of ether oxygens (including phenoxy) is 2. The summed E-state index contributed by atoms with van der Waals surface area (Å²) in [7, 11) is 0. The summed E-state index contributed by atoms with van der Waals surface area (Å²) in [6, 6.07) is 9.41. The fourth-order valence-corrected chi connectivity index (χ4v) is 5.22. The third-order valence-electron chi connectivity index (χ3n) is 5.38. The maximum absolute atomic E-state index is 12.8. The first-order valence-electron chi connectivity index (χ1n) is 10.2. The Morgan fingerprint density at radius 2 is 2.00 bits per heavy atom. The number of thiophene rings is 1. The molecule has 2 amide bonds. The molecule has 0 spiro atoms. The van der Waals surface area contributed by atoms with Gasteiger partial charge >= 0.3 is 0 Å². The molecule has 2 aliphatic rings. The summed E-state index contributed by atoms with van der Waals surface area (Å²) >= 11 is 2.81. The zero-order chi connectivity index (χ0) is 21.2. The number of rotatable bonds is 4. The molecule has 0 aliphatic carbocycles. The second-order valence-electron chi connectivity index (χ2n) is 7.45. The summed E-state index contributed by atoms with van der Waals surface area (Å²) in [5.74, 6) is 1.12. The minimum absolute atomic E-state index is 0.00245. The van der Waals surface area contributed by atoms with E-state index < -0.39 is 0 Å². The highest BCUT2D eigenvalue weighted by Crippen LogP contribution is 2.35. The Bertz CT molecular complexity index is 1100. The zero-order valence-electron chi connectivity index (χ0n) is 16.7. The molecule has 0 saturated carbocycles. The fraction of sp³-hybridized carbons (Fsp3) is 0.318. The summed E-state index contributed by atoms with van der Waals surface area (Å²) in [5.41, 5.74) is 1.68. The van der Waals surface area contributed by atoms with Gasteiger partial charge in [0.15, 0.2) is 16.6 Å². The van der Waals surface area contributed by atoms with Gasteiger partial charge in [0.05, 0.1) is 16.5 Å². The number of nitrogens with zero attached hydrogens (tertiary/aromatic N) is 2. The predicted octanol–water partition coefficient (Wildman–Crippen LogP) is 4.13. The molecule has 3 aromatic rings. The van der Waals surface area contributed by atoms with E-state index in [1.807, 2.05) is 41.1 Å². The first-order chi connectivity index (χ1) is 15.2. The Balaban J connectivity index is 1.24. The molecule has 0 bridgehead atoms. The average Bonchev–Trinajstić information content (AvgIpc) is 3.51. The monoisotopic (exact) mass is 455 g/mol.